The summed E-state index contributed by atoms with van der Waals surface area (Å²) in [6.45, 7) is 1.80. The predicted molar refractivity (Wildman–Crippen MR) is 110 cm³/mol. The highest BCUT2D eigenvalue weighted by Crippen LogP contribution is 2.26. The molecule has 2 aromatic carbocycles. The molecule has 1 heterocycles. The van der Waals surface area contributed by atoms with Crippen molar-refractivity contribution < 1.29 is 23.9 Å². The third-order valence-electron chi connectivity index (χ3n) is 4.96. The molecule has 0 aliphatic carbocycles. The lowest BCUT2D eigenvalue weighted by molar-refractivity contribution is -0.138. The van der Waals surface area contributed by atoms with E-state index < -0.39 is 29.8 Å². The van der Waals surface area contributed by atoms with E-state index in [2.05, 4.69) is 0 Å². The van der Waals surface area contributed by atoms with E-state index in [0.29, 0.717) is 0 Å². The van der Waals surface area contributed by atoms with Crippen molar-refractivity contribution in [2.24, 2.45) is 0 Å². The Hall–Kier alpha value is -3.99. The Morgan fingerprint density at radius 2 is 1.77 bits per heavy atom. The van der Waals surface area contributed by atoms with E-state index in [1.54, 1.807) is 0 Å². The van der Waals surface area contributed by atoms with Gasteiger partial charge in [-0.2, -0.15) is 5.26 Å². The number of ether oxygens (including phenoxy) is 1. The van der Waals surface area contributed by atoms with Crippen LogP contribution < -0.4 is 0 Å². The topological polar surface area (TPSA) is 108 Å². The Morgan fingerprint density at radius 3 is 2.45 bits per heavy atom. The lowest BCUT2D eigenvalue weighted by Crippen LogP contribution is -2.37. The number of esters is 1. The van der Waals surface area contributed by atoms with Crippen LogP contribution in [0.25, 0.3) is 0 Å². The summed E-state index contributed by atoms with van der Waals surface area (Å²) in [5.74, 6) is -2.13. The number of fused-ring (bicyclic) bond motifs is 1. The molecule has 0 bridgehead atoms. The molecule has 158 valence electrons. The summed E-state index contributed by atoms with van der Waals surface area (Å²) in [5.41, 5.74) is 1.23. The van der Waals surface area contributed by atoms with Crippen LogP contribution in [0.1, 0.15) is 50.0 Å². The highest BCUT2D eigenvalue weighted by atomic mass is 16.5. The van der Waals surface area contributed by atoms with E-state index in [1.165, 1.54) is 37.1 Å². The van der Waals surface area contributed by atoms with Crippen LogP contribution in [0, 0.1) is 11.3 Å². The van der Waals surface area contributed by atoms with Gasteiger partial charge in [-0.25, -0.2) is 4.79 Å². The number of carbonyl (C=O) groups excluding carboxylic acids is 4. The van der Waals surface area contributed by atoms with E-state index in [9.17, 15) is 19.2 Å². The first-order chi connectivity index (χ1) is 14.8. The van der Waals surface area contributed by atoms with Gasteiger partial charge in [0.15, 0.2) is 6.10 Å². The van der Waals surface area contributed by atoms with Gasteiger partial charge >= 0.3 is 5.97 Å². The molecule has 8 heteroatoms. The number of nitriles is 1. The Balaban J connectivity index is 1.72. The SMILES string of the molecule is C[C@@H](OC(=O)c1ccc2c(c1)C(=O)N(Cc1ccccc1)C2=O)C(=O)N(C)CCC#N. The molecule has 0 fully saturated rings. The molecule has 0 saturated carbocycles. The summed E-state index contributed by atoms with van der Waals surface area (Å²) < 4.78 is 5.22. The Bertz CT molecular complexity index is 1070. The second-order valence-electron chi connectivity index (χ2n) is 7.16. The monoisotopic (exact) mass is 419 g/mol. The van der Waals surface area contributed by atoms with Gasteiger partial charge in [-0.1, -0.05) is 30.3 Å². The zero-order chi connectivity index (χ0) is 22.5. The van der Waals surface area contributed by atoms with Crippen molar-refractivity contribution in [3.05, 3.63) is 70.8 Å². The molecule has 3 rings (SSSR count). The van der Waals surface area contributed by atoms with Crippen molar-refractivity contribution in [2.45, 2.75) is 26.0 Å². The van der Waals surface area contributed by atoms with E-state index in [1.807, 2.05) is 36.4 Å². The Labute approximate surface area is 179 Å². The molecule has 3 amide bonds. The van der Waals surface area contributed by atoms with Gasteiger partial charge in [-0.15, -0.1) is 0 Å². The third-order valence-corrected chi connectivity index (χ3v) is 4.96. The van der Waals surface area contributed by atoms with Gasteiger partial charge in [0.05, 0.1) is 35.7 Å². The normalized spacial score (nSPS) is 13.4. The first-order valence-electron chi connectivity index (χ1n) is 9.70. The molecular weight excluding hydrogens is 398 g/mol. The van der Waals surface area contributed by atoms with Gasteiger partial charge in [-0.3, -0.25) is 19.3 Å². The lowest BCUT2D eigenvalue weighted by atomic mass is 10.1. The van der Waals surface area contributed by atoms with Gasteiger partial charge in [0.25, 0.3) is 17.7 Å². The summed E-state index contributed by atoms with van der Waals surface area (Å²) in [5, 5.41) is 8.62. The summed E-state index contributed by atoms with van der Waals surface area (Å²) in [4.78, 5) is 52.6. The highest BCUT2D eigenvalue weighted by Gasteiger charge is 2.36. The van der Waals surface area contributed by atoms with Crippen LogP contribution in [0.15, 0.2) is 48.5 Å². The number of imide groups is 1. The van der Waals surface area contributed by atoms with Crippen LogP contribution in [0.5, 0.6) is 0 Å². The minimum atomic E-state index is -1.06. The zero-order valence-electron chi connectivity index (χ0n) is 17.2. The molecule has 31 heavy (non-hydrogen) atoms. The summed E-state index contributed by atoms with van der Waals surface area (Å²) in [6.07, 6.45) is -0.889. The minimum Gasteiger partial charge on any atom is -0.449 e. The van der Waals surface area contributed by atoms with Crippen molar-refractivity contribution in [3.8, 4) is 6.07 Å². The van der Waals surface area contributed by atoms with E-state index >= 15 is 0 Å². The summed E-state index contributed by atoms with van der Waals surface area (Å²) in [7, 11) is 1.52. The molecule has 1 aliphatic rings. The van der Waals surface area contributed by atoms with Crippen LogP contribution in [-0.2, 0) is 16.1 Å². The maximum atomic E-state index is 12.8. The molecule has 1 atom stereocenters. The molecule has 0 radical (unpaired) electrons. The molecule has 0 spiro atoms. The lowest BCUT2D eigenvalue weighted by Gasteiger charge is -2.20. The van der Waals surface area contributed by atoms with Gasteiger partial charge < -0.3 is 9.64 Å². The Morgan fingerprint density at radius 1 is 1.10 bits per heavy atom. The van der Waals surface area contributed by atoms with Crippen molar-refractivity contribution in [1.82, 2.24) is 9.80 Å². The van der Waals surface area contributed by atoms with Gasteiger partial charge in [0.2, 0.25) is 0 Å². The fourth-order valence-electron chi connectivity index (χ4n) is 3.24. The first-order valence-corrected chi connectivity index (χ1v) is 9.70. The highest BCUT2D eigenvalue weighted by molar-refractivity contribution is 6.21. The van der Waals surface area contributed by atoms with Crippen LogP contribution >= 0.6 is 0 Å². The third kappa shape index (κ3) is 4.61. The number of hydrogen-bond acceptors (Lipinski definition) is 6. The van der Waals surface area contributed by atoms with E-state index in [-0.39, 0.29) is 36.2 Å². The molecule has 8 nitrogen and oxygen atoms in total. The van der Waals surface area contributed by atoms with E-state index in [0.717, 1.165) is 10.5 Å². The van der Waals surface area contributed by atoms with Crippen LogP contribution in [0.3, 0.4) is 0 Å². The van der Waals surface area contributed by atoms with Gasteiger partial charge in [0, 0.05) is 13.6 Å². The van der Waals surface area contributed by atoms with Crippen molar-refractivity contribution in [3.63, 3.8) is 0 Å². The second-order valence-corrected chi connectivity index (χ2v) is 7.16. The fourth-order valence-corrected chi connectivity index (χ4v) is 3.24. The molecule has 0 N–H and O–H groups in total. The number of nitrogens with zero attached hydrogens (tertiary/aromatic N) is 3. The fraction of sp³-hybridized carbons (Fsp3) is 0.261. The summed E-state index contributed by atoms with van der Waals surface area (Å²) >= 11 is 0. The maximum absolute atomic E-state index is 12.8. The molecular formula is C23H21N3O5. The van der Waals surface area contributed by atoms with Gasteiger partial charge in [0.1, 0.15) is 0 Å². The van der Waals surface area contributed by atoms with Crippen LogP contribution in [0.4, 0.5) is 0 Å². The predicted octanol–water partition coefficient (Wildman–Crippen LogP) is 2.40. The number of amides is 3. The molecule has 2 aromatic rings. The quantitative estimate of drug-likeness (QED) is 0.504. The smallest absolute Gasteiger partial charge is 0.338 e. The number of hydrogen-bond donors (Lipinski definition) is 0. The average molecular weight is 419 g/mol. The summed E-state index contributed by atoms with van der Waals surface area (Å²) in [6, 6.07) is 15.2. The molecule has 0 unspecified atom stereocenters. The standard InChI is InChI=1S/C23H21N3O5/c1-15(20(27)25(2)12-6-11-24)31-23(30)17-9-10-18-19(13-17)22(29)26(21(18)28)14-16-7-4-3-5-8-16/h3-5,7-10,13,15H,6,12,14H2,1-2H3/t15-/m1/s1. The number of likely N-dealkylation sites (N-methyl/N-ethyl adjacent to an activating group) is 1. The largest absolute Gasteiger partial charge is 0.449 e. The molecule has 1 aliphatic heterocycles. The van der Waals surface area contributed by atoms with Crippen molar-refractivity contribution in [1.29, 1.82) is 5.26 Å². The number of benzene rings is 2. The Kier molecular flexibility index (Phi) is 6.46. The molecule has 0 aromatic heterocycles. The van der Waals surface area contributed by atoms with Gasteiger partial charge in [-0.05, 0) is 30.7 Å². The average Bonchev–Trinajstić information content (AvgIpc) is 3.01. The number of carbonyl (C=O) groups is 4. The first kappa shape index (κ1) is 21.7. The zero-order valence-corrected chi connectivity index (χ0v) is 17.2. The maximum Gasteiger partial charge on any atom is 0.338 e. The van der Waals surface area contributed by atoms with E-state index in [4.69, 9.17) is 10.00 Å². The van der Waals surface area contributed by atoms with Crippen LogP contribution in [0.2, 0.25) is 0 Å². The number of rotatable bonds is 7. The second kappa shape index (κ2) is 9.22. The minimum absolute atomic E-state index is 0.0702. The van der Waals surface area contributed by atoms with Crippen LogP contribution in [-0.4, -0.2) is 53.2 Å². The van der Waals surface area contributed by atoms with Crippen molar-refractivity contribution >= 4 is 23.7 Å². The van der Waals surface area contributed by atoms with Crippen molar-refractivity contribution in [2.75, 3.05) is 13.6 Å². The molecule has 0 saturated heterocycles.